The van der Waals surface area contributed by atoms with Crippen molar-refractivity contribution in [3.05, 3.63) is 23.8 Å². The van der Waals surface area contributed by atoms with Gasteiger partial charge in [-0.05, 0) is 29.7 Å². The second-order valence-corrected chi connectivity index (χ2v) is 6.74. The van der Waals surface area contributed by atoms with E-state index in [9.17, 15) is 9.59 Å². The molecule has 0 atom stereocenters. The number of amides is 2. The maximum absolute atomic E-state index is 12.3. The van der Waals surface area contributed by atoms with Crippen molar-refractivity contribution in [3.63, 3.8) is 0 Å². The molecule has 0 unspecified atom stereocenters. The Balaban J connectivity index is 3.10. The zero-order valence-corrected chi connectivity index (χ0v) is 16.3. The molecule has 0 saturated heterocycles. The first-order valence-corrected chi connectivity index (χ1v) is 8.65. The number of hydrogen-bond donors (Lipinski definition) is 1. The van der Waals surface area contributed by atoms with Crippen molar-refractivity contribution in [2.24, 2.45) is 5.92 Å². The highest BCUT2D eigenvalue weighted by Crippen LogP contribution is 2.25. The van der Waals surface area contributed by atoms with E-state index in [4.69, 9.17) is 4.74 Å². The van der Waals surface area contributed by atoms with Gasteiger partial charge in [-0.1, -0.05) is 20.8 Å². The van der Waals surface area contributed by atoms with Gasteiger partial charge in [0.15, 0.2) is 0 Å². The van der Waals surface area contributed by atoms with Gasteiger partial charge in [-0.15, -0.1) is 0 Å². The SMILES string of the molecule is CCC(=O)N(Cc1cc(NC(=O)COC)ccc1N(C)C)CC(C)C. The third-order valence-corrected chi connectivity index (χ3v) is 3.72. The van der Waals surface area contributed by atoms with Crippen molar-refractivity contribution in [3.8, 4) is 0 Å². The molecule has 1 rings (SSSR count). The Morgan fingerprint density at radius 2 is 1.92 bits per heavy atom. The molecule has 0 heterocycles. The third-order valence-electron chi connectivity index (χ3n) is 3.72. The number of nitrogens with one attached hydrogen (secondary N) is 1. The number of anilines is 2. The molecule has 1 aromatic carbocycles. The van der Waals surface area contributed by atoms with E-state index in [1.807, 2.05) is 49.0 Å². The molecule has 0 radical (unpaired) electrons. The Hall–Kier alpha value is -2.08. The molecule has 0 bridgehead atoms. The summed E-state index contributed by atoms with van der Waals surface area (Å²) in [6.07, 6.45) is 0.480. The van der Waals surface area contributed by atoms with Crippen LogP contribution in [0.1, 0.15) is 32.8 Å². The molecule has 0 aliphatic heterocycles. The molecule has 0 saturated carbocycles. The Labute approximate surface area is 151 Å². The number of hydrogen-bond acceptors (Lipinski definition) is 4. The molecule has 140 valence electrons. The van der Waals surface area contributed by atoms with Crippen molar-refractivity contribution < 1.29 is 14.3 Å². The molecular weight excluding hydrogens is 318 g/mol. The highest BCUT2D eigenvalue weighted by molar-refractivity contribution is 5.92. The monoisotopic (exact) mass is 349 g/mol. The fraction of sp³-hybridized carbons (Fsp3) is 0.579. The van der Waals surface area contributed by atoms with Gasteiger partial charge in [0, 0.05) is 52.1 Å². The molecule has 6 heteroatoms. The van der Waals surface area contributed by atoms with Gasteiger partial charge in [-0.2, -0.15) is 0 Å². The molecule has 0 spiro atoms. The molecular formula is C19H31N3O3. The van der Waals surface area contributed by atoms with Crippen LogP contribution in [0, 0.1) is 5.92 Å². The summed E-state index contributed by atoms with van der Waals surface area (Å²) in [6.45, 7) is 7.32. The average molecular weight is 349 g/mol. The van der Waals surface area contributed by atoms with Crippen molar-refractivity contribution in [2.45, 2.75) is 33.7 Å². The lowest BCUT2D eigenvalue weighted by molar-refractivity contribution is -0.132. The van der Waals surface area contributed by atoms with E-state index in [-0.39, 0.29) is 18.4 Å². The lowest BCUT2D eigenvalue weighted by atomic mass is 10.1. The van der Waals surface area contributed by atoms with E-state index < -0.39 is 0 Å². The van der Waals surface area contributed by atoms with E-state index >= 15 is 0 Å². The summed E-state index contributed by atoms with van der Waals surface area (Å²) in [6, 6.07) is 5.75. The van der Waals surface area contributed by atoms with Crippen molar-refractivity contribution in [1.29, 1.82) is 0 Å². The number of rotatable bonds is 9. The molecule has 0 aromatic heterocycles. The molecule has 1 N–H and O–H groups in total. The minimum absolute atomic E-state index is 0.0125. The zero-order valence-electron chi connectivity index (χ0n) is 16.3. The van der Waals surface area contributed by atoms with Crippen LogP contribution in [0.25, 0.3) is 0 Å². The summed E-state index contributed by atoms with van der Waals surface area (Å²) in [5.41, 5.74) is 2.74. The zero-order chi connectivity index (χ0) is 19.0. The van der Waals surface area contributed by atoms with E-state index in [1.54, 1.807) is 0 Å². The number of methoxy groups -OCH3 is 1. The normalized spacial score (nSPS) is 10.7. The Bertz CT molecular complexity index is 585. The topological polar surface area (TPSA) is 61.9 Å². The fourth-order valence-electron chi connectivity index (χ4n) is 2.68. The van der Waals surface area contributed by atoms with Crippen LogP contribution in [0.4, 0.5) is 11.4 Å². The molecule has 2 amide bonds. The number of ether oxygens (including phenoxy) is 1. The molecule has 0 aliphatic carbocycles. The van der Waals surface area contributed by atoms with Crippen LogP contribution in [0.15, 0.2) is 18.2 Å². The van der Waals surface area contributed by atoms with E-state index in [2.05, 4.69) is 19.2 Å². The summed E-state index contributed by atoms with van der Waals surface area (Å²) in [7, 11) is 5.42. The summed E-state index contributed by atoms with van der Waals surface area (Å²) >= 11 is 0. The number of carbonyl (C=O) groups excluding carboxylic acids is 2. The van der Waals surface area contributed by atoms with Crippen LogP contribution in [-0.4, -0.2) is 51.1 Å². The average Bonchev–Trinajstić information content (AvgIpc) is 2.53. The van der Waals surface area contributed by atoms with Gasteiger partial charge in [0.2, 0.25) is 11.8 Å². The van der Waals surface area contributed by atoms with Crippen LogP contribution < -0.4 is 10.2 Å². The fourth-order valence-corrected chi connectivity index (χ4v) is 2.68. The van der Waals surface area contributed by atoms with Gasteiger partial charge in [-0.3, -0.25) is 9.59 Å². The highest BCUT2D eigenvalue weighted by atomic mass is 16.5. The van der Waals surface area contributed by atoms with Gasteiger partial charge in [0.05, 0.1) is 0 Å². The first kappa shape index (κ1) is 21.0. The van der Waals surface area contributed by atoms with Crippen LogP contribution in [0.3, 0.4) is 0 Å². The first-order chi connectivity index (χ1) is 11.8. The maximum Gasteiger partial charge on any atom is 0.250 e. The second-order valence-electron chi connectivity index (χ2n) is 6.74. The predicted molar refractivity (Wildman–Crippen MR) is 102 cm³/mol. The number of nitrogens with zero attached hydrogens (tertiary/aromatic N) is 2. The van der Waals surface area contributed by atoms with Crippen molar-refractivity contribution in [1.82, 2.24) is 4.90 Å². The first-order valence-electron chi connectivity index (χ1n) is 8.65. The van der Waals surface area contributed by atoms with E-state index in [1.165, 1.54) is 7.11 Å². The summed E-state index contributed by atoms with van der Waals surface area (Å²) < 4.78 is 4.85. The standard InChI is InChI=1S/C19H31N3O3/c1-7-19(24)22(11-14(2)3)12-15-10-16(20-18(23)13-25-6)8-9-17(15)21(4)5/h8-10,14H,7,11-13H2,1-6H3,(H,20,23). The lowest BCUT2D eigenvalue weighted by Gasteiger charge is -2.27. The van der Waals surface area contributed by atoms with Gasteiger partial charge in [-0.25, -0.2) is 0 Å². The Kier molecular flexibility index (Phi) is 8.41. The smallest absolute Gasteiger partial charge is 0.250 e. The Morgan fingerprint density at radius 1 is 1.24 bits per heavy atom. The summed E-state index contributed by atoms with van der Waals surface area (Å²) in [5.74, 6) is 0.324. The lowest BCUT2D eigenvalue weighted by Crippen LogP contribution is -2.33. The quantitative estimate of drug-likeness (QED) is 0.745. The largest absolute Gasteiger partial charge is 0.377 e. The van der Waals surface area contributed by atoms with Gasteiger partial charge < -0.3 is 19.9 Å². The molecule has 25 heavy (non-hydrogen) atoms. The van der Waals surface area contributed by atoms with E-state index in [0.29, 0.717) is 31.1 Å². The minimum atomic E-state index is -0.199. The predicted octanol–water partition coefficient (Wildman–Crippen LogP) is 2.73. The Morgan fingerprint density at radius 3 is 2.44 bits per heavy atom. The maximum atomic E-state index is 12.3. The second kappa shape index (κ2) is 10.0. The van der Waals surface area contributed by atoms with Gasteiger partial charge in [0.1, 0.15) is 6.61 Å². The molecule has 0 fully saturated rings. The van der Waals surface area contributed by atoms with Crippen LogP contribution in [0.5, 0.6) is 0 Å². The van der Waals surface area contributed by atoms with Crippen LogP contribution in [-0.2, 0) is 20.9 Å². The molecule has 0 aliphatic rings. The number of benzene rings is 1. The van der Waals surface area contributed by atoms with Crippen molar-refractivity contribution >= 4 is 23.2 Å². The van der Waals surface area contributed by atoms with E-state index in [0.717, 1.165) is 11.3 Å². The molecule has 6 nitrogen and oxygen atoms in total. The highest BCUT2D eigenvalue weighted by Gasteiger charge is 2.17. The van der Waals surface area contributed by atoms with Crippen molar-refractivity contribution in [2.75, 3.05) is 44.6 Å². The molecule has 1 aromatic rings. The summed E-state index contributed by atoms with van der Waals surface area (Å²) in [4.78, 5) is 28.0. The van der Waals surface area contributed by atoms with Crippen LogP contribution in [0.2, 0.25) is 0 Å². The van der Waals surface area contributed by atoms with Crippen LogP contribution >= 0.6 is 0 Å². The third kappa shape index (κ3) is 6.74. The van der Waals surface area contributed by atoms with Gasteiger partial charge in [0.25, 0.3) is 0 Å². The van der Waals surface area contributed by atoms with Gasteiger partial charge >= 0.3 is 0 Å². The minimum Gasteiger partial charge on any atom is -0.377 e. The number of carbonyl (C=O) groups is 2. The summed E-state index contributed by atoms with van der Waals surface area (Å²) in [5, 5.41) is 2.82.